The van der Waals surface area contributed by atoms with E-state index in [0.29, 0.717) is 6.61 Å². The van der Waals surface area contributed by atoms with E-state index in [0.717, 1.165) is 31.2 Å². The number of rotatable bonds is 7. The Balaban J connectivity index is 1.64. The first-order chi connectivity index (χ1) is 12.7. The third-order valence-corrected chi connectivity index (χ3v) is 6.27. The van der Waals surface area contributed by atoms with Crippen molar-refractivity contribution in [3.8, 4) is 0 Å². The van der Waals surface area contributed by atoms with Gasteiger partial charge in [0.2, 0.25) is 0 Å². The molecule has 1 atom stereocenters. The summed E-state index contributed by atoms with van der Waals surface area (Å²) >= 11 is 1.84. The fourth-order valence-corrected chi connectivity index (χ4v) is 4.44. The largest absolute Gasteiger partial charge is 0.465 e. The lowest BCUT2D eigenvalue weighted by Gasteiger charge is -2.14. The van der Waals surface area contributed by atoms with E-state index in [-0.39, 0.29) is 11.9 Å². The van der Waals surface area contributed by atoms with Crippen molar-refractivity contribution in [2.24, 2.45) is 0 Å². The summed E-state index contributed by atoms with van der Waals surface area (Å²) < 4.78 is 5.48. The molecule has 0 fully saturated rings. The number of aryl methyl sites for hydroxylation is 2. The second-order valence-corrected chi connectivity index (χ2v) is 8.11. The third-order valence-electron chi connectivity index (χ3n) is 5.04. The maximum Gasteiger partial charge on any atom is 0.313 e. The van der Waals surface area contributed by atoms with Crippen LogP contribution in [0.15, 0.2) is 52.3 Å². The Morgan fingerprint density at radius 3 is 2.65 bits per heavy atom. The molecule has 1 aliphatic rings. The second-order valence-electron chi connectivity index (χ2n) is 7.03. The van der Waals surface area contributed by atoms with Crippen molar-refractivity contribution in [2.45, 2.75) is 68.1 Å². The van der Waals surface area contributed by atoms with E-state index in [9.17, 15) is 4.79 Å². The SMILES string of the molecule is CCCCCCOC(=O)C(C)c1ccc2c(c1)CCc1ccccc1S2. The number of esters is 1. The smallest absolute Gasteiger partial charge is 0.313 e. The zero-order valence-corrected chi connectivity index (χ0v) is 16.6. The van der Waals surface area contributed by atoms with Gasteiger partial charge in [0.1, 0.15) is 0 Å². The van der Waals surface area contributed by atoms with E-state index in [1.165, 1.54) is 33.8 Å². The molecule has 0 saturated heterocycles. The van der Waals surface area contributed by atoms with Crippen molar-refractivity contribution in [3.63, 3.8) is 0 Å². The van der Waals surface area contributed by atoms with E-state index in [2.05, 4.69) is 49.4 Å². The molecule has 3 heteroatoms. The highest BCUT2D eigenvalue weighted by molar-refractivity contribution is 7.99. The lowest BCUT2D eigenvalue weighted by Crippen LogP contribution is -2.14. The van der Waals surface area contributed by atoms with Crippen LogP contribution in [0, 0.1) is 0 Å². The molecule has 2 aromatic carbocycles. The summed E-state index contributed by atoms with van der Waals surface area (Å²) in [5.74, 6) is -0.312. The fraction of sp³-hybridized carbons (Fsp3) is 0.435. The predicted molar refractivity (Wildman–Crippen MR) is 108 cm³/mol. The van der Waals surface area contributed by atoms with Crippen LogP contribution in [0.3, 0.4) is 0 Å². The lowest BCUT2D eigenvalue weighted by atomic mass is 9.96. The van der Waals surface area contributed by atoms with E-state index in [1.807, 2.05) is 18.7 Å². The van der Waals surface area contributed by atoms with Crippen LogP contribution in [0.2, 0.25) is 0 Å². The van der Waals surface area contributed by atoms with Crippen LogP contribution in [0.5, 0.6) is 0 Å². The molecule has 2 aromatic rings. The van der Waals surface area contributed by atoms with Gasteiger partial charge < -0.3 is 4.74 Å². The number of unbranched alkanes of at least 4 members (excludes halogenated alkanes) is 3. The quantitative estimate of drug-likeness (QED) is 0.432. The highest BCUT2D eigenvalue weighted by Crippen LogP contribution is 2.38. The minimum atomic E-state index is -0.206. The number of carbonyl (C=O) groups is 1. The summed E-state index contributed by atoms with van der Waals surface area (Å²) in [6, 6.07) is 15.1. The zero-order valence-electron chi connectivity index (χ0n) is 15.8. The van der Waals surface area contributed by atoms with Crippen LogP contribution in [-0.2, 0) is 22.4 Å². The molecule has 138 valence electrons. The van der Waals surface area contributed by atoms with Gasteiger partial charge in [-0.2, -0.15) is 0 Å². The summed E-state index contributed by atoms with van der Waals surface area (Å²) in [4.78, 5) is 15.0. The Labute approximate surface area is 161 Å². The molecule has 0 saturated carbocycles. The van der Waals surface area contributed by atoms with Gasteiger partial charge in [0.15, 0.2) is 0 Å². The molecule has 0 amide bonds. The van der Waals surface area contributed by atoms with Gasteiger partial charge in [-0.3, -0.25) is 4.79 Å². The average Bonchev–Trinajstić information content (AvgIpc) is 2.85. The first-order valence-electron chi connectivity index (χ1n) is 9.74. The van der Waals surface area contributed by atoms with Gasteiger partial charge in [-0.15, -0.1) is 0 Å². The number of ether oxygens (including phenoxy) is 1. The van der Waals surface area contributed by atoms with Gasteiger partial charge in [0.25, 0.3) is 0 Å². The molecule has 0 N–H and O–H groups in total. The molecule has 0 aromatic heterocycles. The Morgan fingerprint density at radius 2 is 1.81 bits per heavy atom. The topological polar surface area (TPSA) is 26.3 Å². The molecular formula is C23H28O2S. The first kappa shape index (κ1) is 19.0. The van der Waals surface area contributed by atoms with Crippen molar-refractivity contribution in [1.29, 1.82) is 0 Å². The molecule has 0 aliphatic carbocycles. The molecule has 1 aliphatic heterocycles. The number of carbonyl (C=O) groups excluding carboxylic acids is 1. The van der Waals surface area contributed by atoms with Crippen molar-refractivity contribution in [3.05, 3.63) is 59.2 Å². The van der Waals surface area contributed by atoms with Crippen molar-refractivity contribution in [2.75, 3.05) is 6.61 Å². The molecule has 26 heavy (non-hydrogen) atoms. The van der Waals surface area contributed by atoms with Crippen LogP contribution < -0.4 is 0 Å². The number of fused-ring (bicyclic) bond motifs is 2. The molecule has 0 spiro atoms. The van der Waals surface area contributed by atoms with Crippen LogP contribution in [0.4, 0.5) is 0 Å². The second kappa shape index (κ2) is 9.27. The Bertz CT molecular complexity index is 754. The maximum atomic E-state index is 12.4. The standard InChI is InChI=1S/C23H28O2S/c1-3-4-5-8-15-25-23(24)17(2)19-13-14-22-20(16-19)12-11-18-9-6-7-10-21(18)26-22/h6-7,9-10,13-14,16-17H,3-5,8,11-12,15H2,1-2H3. The number of hydrogen-bond acceptors (Lipinski definition) is 3. The molecule has 0 radical (unpaired) electrons. The normalized spacial score (nSPS) is 14.1. The van der Waals surface area contributed by atoms with Crippen LogP contribution in [-0.4, -0.2) is 12.6 Å². The Morgan fingerprint density at radius 1 is 1.04 bits per heavy atom. The summed E-state index contributed by atoms with van der Waals surface area (Å²) in [5.41, 5.74) is 3.81. The Kier molecular flexibility index (Phi) is 6.79. The molecule has 3 rings (SSSR count). The summed E-state index contributed by atoms with van der Waals surface area (Å²) in [7, 11) is 0. The molecule has 1 unspecified atom stereocenters. The van der Waals surface area contributed by atoms with Gasteiger partial charge in [0, 0.05) is 9.79 Å². The van der Waals surface area contributed by atoms with E-state index >= 15 is 0 Å². The molecular weight excluding hydrogens is 340 g/mol. The zero-order chi connectivity index (χ0) is 18.4. The first-order valence-corrected chi connectivity index (χ1v) is 10.6. The summed E-state index contributed by atoms with van der Waals surface area (Å²) in [6.07, 6.45) is 6.57. The average molecular weight is 369 g/mol. The molecule has 0 bridgehead atoms. The fourth-order valence-electron chi connectivity index (χ4n) is 3.32. The highest BCUT2D eigenvalue weighted by Gasteiger charge is 2.20. The van der Waals surface area contributed by atoms with E-state index in [1.54, 1.807) is 0 Å². The molecule has 1 heterocycles. The van der Waals surface area contributed by atoms with Gasteiger partial charge in [-0.05, 0) is 55.0 Å². The van der Waals surface area contributed by atoms with Crippen molar-refractivity contribution >= 4 is 17.7 Å². The van der Waals surface area contributed by atoms with Gasteiger partial charge >= 0.3 is 5.97 Å². The summed E-state index contributed by atoms with van der Waals surface area (Å²) in [6.45, 7) is 4.68. The van der Waals surface area contributed by atoms with Crippen LogP contribution in [0.25, 0.3) is 0 Å². The van der Waals surface area contributed by atoms with Crippen molar-refractivity contribution < 1.29 is 9.53 Å². The van der Waals surface area contributed by atoms with E-state index < -0.39 is 0 Å². The third kappa shape index (κ3) is 4.70. The molecule has 2 nitrogen and oxygen atoms in total. The van der Waals surface area contributed by atoms with E-state index in [4.69, 9.17) is 4.74 Å². The monoisotopic (exact) mass is 368 g/mol. The summed E-state index contributed by atoms with van der Waals surface area (Å²) in [5, 5.41) is 0. The number of benzene rings is 2. The Hall–Kier alpha value is -1.74. The minimum Gasteiger partial charge on any atom is -0.465 e. The minimum absolute atomic E-state index is 0.106. The van der Waals surface area contributed by atoms with Crippen LogP contribution >= 0.6 is 11.8 Å². The van der Waals surface area contributed by atoms with Crippen molar-refractivity contribution in [1.82, 2.24) is 0 Å². The van der Waals surface area contributed by atoms with Gasteiger partial charge in [0.05, 0.1) is 12.5 Å². The van der Waals surface area contributed by atoms with Gasteiger partial charge in [-0.25, -0.2) is 0 Å². The maximum absolute atomic E-state index is 12.4. The lowest BCUT2D eigenvalue weighted by molar-refractivity contribution is -0.145. The van der Waals surface area contributed by atoms with Crippen LogP contribution in [0.1, 0.15) is 62.1 Å². The van der Waals surface area contributed by atoms with Gasteiger partial charge in [-0.1, -0.05) is 68.3 Å². The predicted octanol–water partition coefficient (Wildman–Crippen LogP) is 6.16. The number of hydrogen-bond donors (Lipinski definition) is 0. The highest BCUT2D eigenvalue weighted by atomic mass is 32.2.